The number of carbonyl (C=O) groups is 1. The number of hydrogen-bond acceptors (Lipinski definition) is 5. The van der Waals surface area contributed by atoms with Gasteiger partial charge in [0.25, 0.3) is 0 Å². The van der Waals surface area contributed by atoms with Crippen molar-refractivity contribution in [1.29, 1.82) is 0 Å². The number of halogens is 1. The summed E-state index contributed by atoms with van der Waals surface area (Å²) in [5, 5.41) is 0. The Hall–Kier alpha value is -0.910. The lowest BCUT2D eigenvalue weighted by molar-refractivity contribution is -0.144. The van der Waals surface area contributed by atoms with Crippen LogP contribution in [0.5, 0.6) is 0 Å². The normalized spacial score (nSPS) is 10.5. The van der Waals surface area contributed by atoms with Crippen molar-refractivity contribution in [3.8, 4) is 0 Å². The van der Waals surface area contributed by atoms with Gasteiger partial charge in [-0.3, -0.25) is 9.69 Å². The monoisotopic (exact) mass is 274 g/mol. The number of thiazole rings is 1. The van der Waals surface area contributed by atoms with Crippen LogP contribution >= 0.6 is 22.9 Å². The van der Waals surface area contributed by atoms with Gasteiger partial charge in [-0.15, -0.1) is 17.9 Å². The predicted molar refractivity (Wildman–Crippen MR) is 69.2 cm³/mol. The van der Waals surface area contributed by atoms with Gasteiger partial charge in [-0.25, -0.2) is 4.98 Å². The Balaban J connectivity index is 2.53. The summed E-state index contributed by atoms with van der Waals surface area (Å²) in [5.41, 5.74) is 0. The van der Waals surface area contributed by atoms with Crippen molar-refractivity contribution >= 4 is 28.9 Å². The standard InChI is InChI=1S/C11H15ClN2O2S/c1-3-5-14(8-10(15)16-4-2)7-9-6-13-11(12)17-9/h3,6H,1,4-5,7-8H2,2H3. The molecule has 0 N–H and O–H groups in total. The highest BCUT2D eigenvalue weighted by atomic mass is 35.5. The summed E-state index contributed by atoms with van der Waals surface area (Å²) in [6.07, 6.45) is 3.47. The zero-order valence-electron chi connectivity index (χ0n) is 9.69. The Labute approximate surface area is 110 Å². The molecule has 0 radical (unpaired) electrons. The Kier molecular flexibility index (Phi) is 6.18. The first-order chi connectivity index (χ1) is 8.15. The Morgan fingerprint density at radius 2 is 2.53 bits per heavy atom. The van der Waals surface area contributed by atoms with E-state index in [-0.39, 0.29) is 12.5 Å². The average Bonchev–Trinajstić information content (AvgIpc) is 2.64. The Morgan fingerprint density at radius 3 is 3.06 bits per heavy atom. The summed E-state index contributed by atoms with van der Waals surface area (Å²) in [6.45, 7) is 7.34. The van der Waals surface area contributed by atoms with E-state index in [1.54, 1.807) is 19.2 Å². The number of ether oxygens (including phenoxy) is 1. The van der Waals surface area contributed by atoms with E-state index in [0.29, 0.717) is 24.2 Å². The summed E-state index contributed by atoms with van der Waals surface area (Å²) in [6, 6.07) is 0. The molecule has 0 unspecified atom stereocenters. The molecule has 0 saturated carbocycles. The minimum atomic E-state index is -0.232. The fourth-order valence-electron chi connectivity index (χ4n) is 1.33. The molecule has 0 fully saturated rings. The molecule has 0 aliphatic carbocycles. The highest BCUT2D eigenvalue weighted by Gasteiger charge is 2.12. The van der Waals surface area contributed by atoms with Crippen molar-refractivity contribution in [2.24, 2.45) is 0 Å². The van der Waals surface area contributed by atoms with Crippen LogP contribution in [0.15, 0.2) is 18.9 Å². The average molecular weight is 275 g/mol. The van der Waals surface area contributed by atoms with E-state index in [4.69, 9.17) is 16.3 Å². The largest absolute Gasteiger partial charge is 0.465 e. The molecule has 4 nitrogen and oxygen atoms in total. The van der Waals surface area contributed by atoms with Crippen LogP contribution in [0.1, 0.15) is 11.8 Å². The smallest absolute Gasteiger partial charge is 0.320 e. The quantitative estimate of drug-likeness (QED) is 0.565. The van der Waals surface area contributed by atoms with Gasteiger partial charge in [0.05, 0.1) is 13.2 Å². The van der Waals surface area contributed by atoms with Gasteiger partial charge in [-0.05, 0) is 6.92 Å². The minimum absolute atomic E-state index is 0.232. The molecule has 6 heteroatoms. The predicted octanol–water partition coefficient (Wildman–Crippen LogP) is 2.35. The van der Waals surface area contributed by atoms with Gasteiger partial charge in [0, 0.05) is 24.2 Å². The fraction of sp³-hybridized carbons (Fsp3) is 0.455. The van der Waals surface area contributed by atoms with Crippen LogP contribution in [-0.4, -0.2) is 35.5 Å². The second kappa shape index (κ2) is 7.42. The van der Waals surface area contributed by atoms with E-state index in [9.17, 15) is 4.79 Å². The van der Waals surface area contributed by atoms with Crippen molar-refractivity contribution in [3.05, 3.63) is 28.2 Å². The van der Waals surface area contributed by atoms with E-state index in [2.05, 4.69) is 11.6 Å². The molecule has 0 amide bonds. The zero-order valence-corrected chi connectivity index (χ0v) is 11.3. The maximum absolute atomic E-state index is 11.4. The third-order valence-corrected chi connectivity index (χ3v) is 3.05. The second-order valence-electron chi connectivity index (χ2n) is 3.34. The first-order valence-electron chi connectivity index (χ1n) is 5.24. The number of esters is 1. The highest BCUT2D eigenvalue weighted by Crippen LogP contribution is 2.19. The lowest BCUT2D eigenvalue weighted by Crippen LogP contribution is -2.30. The van der Waals surface area contributed by atoms with Gasteiger partial charge < -0.3 is 4.74 Å². The third kappa shape index (κ3) is 5.30. The van der Waals surface area contributed by atoms with Gasteiger partial charge in [-0.2, -0.15) is 0 Å². The molecule has 94 valence electrons. The van der Waals surface area contributed by atoms with E-state index in [1.807, 2.05) is 4.90 Å². The molecule has 0 atom stereocenters. The number of rotatable bonds is 7. The van der Waals surface area contributed by atoms with Crippen LogP contribution < -0.4 is 0 Å². The highest BCUT2D eigenvalue weighted by molar-refractivity contribution is 7.15. The molecule has 1 aromatic rings. The van der Waals surface area contributed by atoms with Crippen molar-refractivity contribution in [2.45, 2.75) is 13.5 Å². The van der Waals surface area contributed by atoms with E-state index >= 15 is 0 Å². The first kappa shape index (κ1) is 14.2. The van der Waals surface area contributed by atoms with E-state index < -0.39 is 0 Å². The number of aromatic nitrogens is 1. The molecule has 0 aliphatic heterocycles. The van der Waals surface area contributed by atoms with Gasteiger partial charge >= 0.3 is 5.97 Å². The maximum Gasteiger partial charge on any atom is 0.320 e. The lowest BCUT2D eigenvalue weighted by atomic mass is 10.4. The Bertz CT molecular complexity index is 381. The maximum atomic E-state index is 11.4. The van der Waals surface area contributed by atoms with Gasteiger partial charge in [0.15, 0.2) is 4.47 Å². The van der Waals surface area contributed by atoms with Crippen molar-refractivity contribution in [3.63, 3.8) is 0 Å². The molecule has 1 aromatic heterocycles. The molecule has 0 aliphatic rings. The SMILES string of the molecule is C=CCN(CC(=O)OCC)Cc1cnc(Cl)s1. The van der Waals surface area contributed by atoms with Crippen LogP contribution in [0.25, 0.3) is 0 Å². The summed E-state index contributed by atoms with van der Waals surface area (Å²) < 4.78 is 5.42. The Morgan fingerprint density at radius 1 is 1.76 bits per heavy atom. The molecular formula is C11H15ClN2O2S. The minimum Gasteiger partial charge on any atom is -0.465 e. The fourth-order valence-corrected chi connectivity index (χ4v) is 2.35. The molecule has 1 heterocycles. The van der Waals surface area contributed by atoms with Gasteiger partial charge in [0.1, 0.15) is 0 Å². The first-order valence-corrected chi connectivity index (χ1v) is 6.44. The van der Waals surface area contributed by atoms with Crippen LogP contribution in [0.4, 0.5) is 0 Å². The molecule has 0 spiro atoms. The molecule has 0 saturated heterocycles. The van der Waals surface area contributed by atoms with E-state index in [0.717, 1.165) is 4.88 Å². The number of hydrogen-bond donors (Lipinski definition) is 0. The topological polar surface area (TPSA) is 42.4 Å². The van der Waals surface area contributed by atoms with Crippen LogP contribution in [0.2, 0.25) is 4.47 Å². The second-order valence-corrected chi connectivity index (χ2v) is 5.04. The summed E-state index contributed by atoms with van der Waals surface area (Å²) in [4.78, 5) is 18.3. The molecular weight excluding hydrogens is 260 g/mol. The van der Waals surface area contributed by atoms with Crippen molar-refractivity contribution in [2.75, 3.05) is 19.7 Å². The van der Waals surface area contributed by atoms with Crippen molar-refractivity contribution in [1.82, 2.24) is 9.88 Å². The molecule has 0 bridgehead atoms. The number of carbonyl (C=O) groups excluding carboxylic acids is 1. The molecule has 17 heavy (non-hydrogen) atoms. The van der Waals surface area contributed by atoms with Crippen LogP contribution in [-0.2, 0) is 16.1 Å². The van der Waals surface area contributed by atoms with Gasteiger partial charge in [-0.1, -0.05) is 17.7 Å². The van der Waals surface area contributed by atoms with E-state index in [1.165, 1.54) is 11.3 Å². The zero-order chi connectivity index (χ0) is 12.7. The summed E-state index contributed by atoms with van der Waals surface area (Å²) >= 11 is 7.16. The summed E-state index contributed by atoms with van der Waals surface area (Å²) in [5.74, 6) is -0.232. The molecule has 0 aromatic carbocycles. The number of nitrogens with zero attached hydrogens (tertiary/aromatic N) is 2. The summed E-state index contributed by atoms with van der Waals surface area (Å²) in [7, 11) is 0. The van der Waals surface area contributed by atoms with Crippen LogP contribution in [0.3, 0.4) is 0 Å². The lowest BCUT2D eigenvalue weighted by Gasteiger charge is -2.18. The van der Waals surface area contributed by atoms with Gasteiger partial charge in [0.2, 0.25) is 0 Å². The van der Waals surface area contributed by atoms with Crippen LogP contribution in [0, 0.1) is 0 Å². The van der Waals surface area contributed by atoms with Crippen molar-refractivity contribution < 1.29 is 9.53 Å². The molecule has 1 rings (SSSR count). The third-order valence-electron chi connectivity index (χ3n) is 1.95.